The summed E-state index contributed by atoms with van der Waals surface area (Å²) in [4.78, 5) is 0. The lowest BCUT2D eigenvalue weighted by Gasteiger charge is -2.17. The summed E-state index contributed by atoms with van der Waals surface area (Å²) in [5.74, 6) is 2.12. The van der Waals surface area contributed by atoms with E-state index in [9.17, 15) is 0 Å². The van der Waals surface area contributed by atoms with Crippen molar-refractivity contribution in [2.45, 2.75) is 26.3 Å². The van der Waals surface area contributed by atoms with Gasteiger partial charge in [0.05, 0.1) is 0 Å². The number of hydrogen-bond acceptors (Lipinski definition) is 4. The lowest BCUT2D eigenvalue weighted by molar-refractivity contribution is 0.174. The molecule has 4 heteroatoms. The highest BCUT2D eigenvalue weighted by atomic mass is 16.7. The van der Waals surface area contributed by atoms with Crippen molar-refractivity contribution in [3.05, 3.63) is 23.8 Å². The molecule has 2 N–H and O–H groups in total. The van der Waals surface area contributed by atoms with Crippen molar-refractivity contribution in [3.8, 4) is 11.5 Å². The monoisotopic (exact) mass is 251 g/mol. The van der Waals surface area contributed by atoms with Crippen LogP contribution in [0.2, 0.25) is 0 Å². The Kier molecular flexibility index (Phi) is 4.44. The average Bonchev–Trinajstić information content (AvgIpc) is 2.83. The zero-order chi connectivity index (χ0) is 13.0. The Balaban J connectivity index is 1.90. The topological polar surface area (TPSA) is 50.7 Å². The Morgan fingerprint density at radius 3 is 2.83 bits per heavy atom. The number of aliphatic hydroxyl groups is 1. The standard InChI is InChI=1S/C14H21NO3/c1-10(5-6-16)8-15-11(2)12-3-4-13-14(7-12)18-9-17-13/h3-4,7,10-11,15-16H,5-6,8-9H2,1-2H3. The number of fused-ring (bicyclic) bond motifs is 1. The first kappa shape index (κ1) is 13.2. The van der Waals surface area contributed by atoms with Crippen LogP contribution in [0.25, 0.3) is 0 Å². The van der Waals surface area contributed by atoms with E-state index in [1.165, 1.54) is 5.56 Å². The molecular formula is C14H21NO3. The Labute approximate surface area is 108 Å². The molecule has 0 saturated heterocycles. The van der Waals surface area contributed by atoms with Crippen LogP contribution in [0, 0.1) is 5.92 Å². The fourth-order valence-corrected chi connectivity index (χ4v) is 2.00. The van der Waals surface area contributed by atoms with E-state index >= 15 is 0 Å². The number of nitrogens with one attached hydrogen (secondary N) is 1. The highest BCUT2D eigenvalue weighted by Crippen LogP contribution is 2.34. The Morgan fingerprint density at radius 1 is 1.28 bits per heavy atom. The van der Waals surface area contributed by atoms with Crippen molar-refractivity contribution in [2.75, 3.05) is 19.9 Å². The molecule has 2 unspecified atom stereocenters. The second kappa shape index (κ2) is 6.07. The molecule has 2 rings (SSSR count). The zero-order valence-electron chi connectivity index (χ0n) is 11.0. The predicted molar refractivity (Wildman–Crippen MR) is 69.8 cm³/mol. The number of rotatable bonds is 6. The van der Waals surface area contributed by atoms with Crippen molar-refractivity contribution >= 4 is 0 Å². The summed E-state index contributed by atoms with van der Waals surface area (Å²) in [5, 5.41) is 12.3. The molecule has 0 spiro atoms. The lowest BCUT2D eigenvalue weighted by atomic mass is 10.1. The molecule has 18 heavy (non-hydrogen) atoms. The molecule has 1 aliphatic heterocycles. The van der Waals surface area contributed by atoms with Gasteiger partial charge in [-0.25, -0.2) is 0 Å². The van der Waals surface area contributed by atoms with Crippen molar-refractivity contribution in [2.24, 2.45) is 5.92 Å². The van der Waals surface area contributed by atoms with E-state index in [0.717, 1.165) is 24.5 Å². The van der Waals surface area contributed by atoms with E-state index in [1.807, 2.05) is 12.1 Å². The van der Waals surface area contributed by atoms with Crippen LogP contribution in [0.4, 0.5) is 0 Å². The molecule has 1 heterocycles. The van der Waals surface area contributed by atoms with Crippen LogP contribution in [-0.2, 0) is 0 Å². The molecule has 0 saturated carbocycles. The van der Waals surface area contributed by atoms with Gasteiger partial charge in [-0.3, -0.25) is 0 Å². The van der Waals surface area contributed by atoms with Crippen molar-refractivity contribution in [3.63, 3.8) is 0 Å². The largest absolute Gasteiger partial charge is 0.454 e. The maximum Gasteiger partial charge on any atom is 0.231 e. The van der Waals surface area contributed by atoms with E-state index in [4.69, 9.17) is 14.6 Å². The minimum atomic E-state index is 0.251. The van der Waals surface area contributed by atoms with Gasteiger partial charge < -0.3 is 19.9 Å². The number of ether oxygens (including phenoxy) is 2. The zero-order valence-corrected chi connectivity index (χ0v) is 11.0. The normalized spacial score (nSPS) is 16.6. The summed E-state index contributed by atoms with van der Waals surface area (Å²) in [5.41, 5.74) is 1.19. The van der Waals surface area contributed by atoms with Crippen LogP contribution >= 0.6 is 0 Å². The highest BCUT2D eigenvalue weighted by molar-refractivity contribution is 5.45. The van der Waals surface area contributed by atoms with Crippen LogP contribution in [0.3, 0.4) is 0 Å². The van der Waals surface area contributed by atoms with Gasteiger partial charge in [0.2, 0.25) is 6.79 Å². The highest BCUT2D eigenvalue weighted by Gasteiger charge is 2.15. The van der Waals surface area contributed by atoms with Crippen LogP contribution in [-0.4, -0.2) is 25.1 Å². The molecule has 1 aromatic rings. The summed E-state index contributed by atoms with van der Waals surface area (Å²) in [6.07, 6.45) is 0.834. The average molecular weight is 251 g/mol. The molecular weight excluding hydrogens is 230 g/mol. The van der Waals surface area contributed by atoms with E-state index in [0.29, 0.717) is 12.7 Å². The maximum atomic E-state index is 8.87. The minimum absolute atomic E-state index is 0.251. The van der Waals surface area contributed by atoms with Gasteiger partial charge in [-0.05, 0) is 43.5 Å². The molecule has 0 aromatic heterocycles. The predicted octanol–water partition coefficient (Wildman–Crippen LogP) is 2.08. The second-order valence-corrected chi connectivity index (χ2v) is 4.86. The van der Waals surface area contributed by atoms with Crippen LogP contribution in [0.15, 0.2) is 18.2 Å². The Morgan fingerprint density at radius 2 is 2.06 bits per heavy atom. The van der Waals surface area contributed by atoms with Crippen molar-refractivity contribution in [1.29, 1.82) is 0 Å². The van der Waals surface area contributed by atoms with Crippen molar-refractivity contribution < 1.29 is 14.6 Å². The summed E-state index contributed by atoms with van der Waals surface area (Å²) >= 11 is 0. The summed E-state index contributed by atoms with van der Waals surface area (Å²) < 4.78 is 10.7. The van der Waals surface area contributed by atoms with Gasteiger partial charge in [-0.1, -0.05) is 13.0 Å². The molecule has 0 amide bonds. The first-order valence-electron chi connectivity index (χ1n) is 6.44. The van der Waals surface area contributed by atoms with Gasteiger partial charge in [0.1, 0.15) is 0 Å². The maximum absolute atomic E-state index is 8.87. The summed E-state index contributed by atoms with van der Waals surface area (Å²) in [7, 11) is 0. The third kappa shape index (κ3) is 3.15. The number of aliphatic hydroxyl groups excluding tert-OH is 1. The van der Waals surface area contributed by atoms with Gasteiger partial charge in [0.25, 0.3) is 0 Å². The van der Waals surface area contributed by atoms with E-state index in [-0.39, 0.29) is 12.6 Å². The summed E-state index contributed by atoms with van der Waals surface area (Å²) in [6, 6.07) is 6.30. The Bertz CT molecular complexity index is 395. The molecule has 0 aliphatic carbocycles. The molecule has 1 aliphatic rings. The fourth-order valence-electron chi connectivity index (χ4n) is 2.00. The van der Waals surface area contributed by atoms with Crippen LogP contribution in [0.5, 0.6) is 11.5 Å². The first-order valence-corrected chi connectivity index (χ1v) is 6.44. The third-order valence-corrected chi connectivity index (χ3v) is 3.29. The molecule has 0 radical (unpaired) electrons. The van der Waals surface area contributed by atoms with Gasteiger partial charge in [0.15, 0.2) is 11.5 Å². The summed E-state index contributed by atoms with van der Waals surface area (Å²) in [6.45, 7) is 5.73. The quantitative estimate of drug-likeness (QED) is 0.813. The van der Waals surface area contributed by atoms with Crippen LogP contribution < -0.4 is 14.8 Å². The van der Waals surface area contributed by atoms with E-state index < -0.39 is 0 Å². The van der Waals surface area contributed by atoms with E-state index in [1.54, 1.807) is 0 Å². The van der Waals surface area contributed by atoms with Gasteiger partial charge in [0, 0.05) is 12.6 Å². The molecule has 2 atom stereocenters. The Hall–Kier alpha value is -1.26. The molecule has 100 valence electrons. The van der Waals surface area contributed by atoms with Crippen molar-refractivity contribution in [1.82, 2.24) is 5.32 Å². The molecule has 0 bridgehead atoms. The molecule has 0 fully saturated rings. The first-order chi connectivity index (χ1) is 8.70. The van der Waals surface area contributed by atoms with Gasteiger partial charge >= 0.3 is 0 Å². The fraction of sp³-hybridized carbons (Fsp3) is 0.571. The van der Waals surface area contributed by atoms with Gasteiger partial charge in [-0.15, -0.1) is 0 Å². The third-order valence-electron chi connectivity index (χ3n) is 3.29. The number of hydrogen-bond donors (Lipinski definition) is 2. The van der Waals surface area contributed by atoms with Crippen LogP contribution in [0.1, 0.15) is 31.9 Å². The smallest absolute Gasteiger partial charge is 0.231 e. The van der Waals surface area contributed by atoms with E-state index in [2.05, 4.69) is 25.2 Å². The molecule has 1 aromatic carbocycles. The minimum Gasteiger partial charge on any atom is -0.454 e. The second-order valence-electron chi connectivity index (χ2n) is 4.86. The lowest BCUT2D eigenvalue weighted by Crippen LogP contribution is -2.24. The van der Waals surface area contributed by atoms with Gasteiger partial charge in [-0.2, -0.15) is 0 Å². The number of benzene rings is 1. The SMILES string of the molecule is CC(CCO)CNC(C)c1ccc2c(c1)OCO2. The molecule has 4 nitrogen and oxygen atoms in total.